The number of nitrogens with one attached hydrogen (secondary N) is 1. The van der Waals surface area contributed by atoms with Gasteiger partial charge in [0.1, 0.15) is 0 Å². The Morgan fingerprint density at radius 2 is 2.12 bits per heavy atom. The molecule has 1 rings (SSSR count). The van der Waals surface area contributed by atoms with Crippen molar-refractivity contribution in [2.45, 2.75) is 6.92 Å². The van der Waals surface area contributed by atoms with E-state index in [9.17, 15) is 4.79 Å². The summed E-state index contributed by atoms with van der Waals surface area (Å²) in [6.07, 6.45) is 0. The van der Waals surface area contributed by atoms with Crippen LogP contribution in [0.4, 0.5) is 0 Å². The first kappa shape index (κ1) is 13.0. The van der Waals surface area contributed by atoms with E-state index in [4.69, 9.17) is 11.6 Å². The van der Waals surface area contributed by atoms with Crippen LogP contribution in [0.25, 0.3) is 0 Å². The largest absolute Gasteiger partial charge is 0.351 e. The van der Waals surface area contributed by atoms with Crippen LogP contribution in [0.2, 0.25) is 5.02 Å². The van der Waals surface area contributed by atoms with Crippen molar-refractivity contribution < 1.29 is 4.79 Å². The molecule has 0 fully saturated rings. The molecule has 0 spiro atoms. The third kappa shape index (κ3) is 3.51. The van der Waals surface area contributed by atoms with Gasteiger partial charge in [0.05, 0.1) is 0 Å². The molecule has 88 valence electrons. The summed E-state index contributed by atoms with van der Waals surface area (Å²) in [5.41, 5.74) is 1.47. The summed E-state index contributed by atoms with van der Waals surface area (Å²) in [5, 5.41) is 3.48. The van der Waals surface area contributed by atoms with Crippen LogP contribution in [0, 0.1) is 6.92 Å². The molecule has 0 aromatic heterocycles. The Bertz CT molecular complexity index is 377. The van der Waals surface area contributed by atoms with Crippen LogP contribution in [0.3, 0.4) is 0 Å². The fraction of sp³-hybridized carbons (Fsp3) is 0.417. The molecule has 0 aliphatic heterocycles. The molecule has 0 saturated carbocycles. The maximum absolute atomic E-state index is 11.8. The van der Waals surface area contributed by atoms with Crippen LogP contribution < -0.4 is 5.32 Å². The lowest BCUT2D eigenvalue weighted by Gasteiger charge is -2.11. The number of hydrogen-bond acceptors (Lipinski definition) is 2. The van der Waals surface area contributed by atoms with Crippen LogP contribution in [0.15, 0.2) is 18.2 Å². The van der Waals surface area contributed by atoms with E-state index in [1.807, 2.05) is 25.9 Å². The number of amides is 1. The zero-order valence-corrected chi connectivity index (χ0v) is 10.6. The molecule has 0 atom stereocenters. The number of halogens is 1. The lowest BCUT2D eigenvalue weighted by Crippen LogP contribution is -2.31. The van der Waals surface area contributed by atoms with E-state index in [2.05, 4.69) is 5.32 Å². The van der Waals surface area contributed by atoms with Crippen LogP contribution in [0.1, 0.15) is 15.9 Å². The Morgan fingerprint density at radius 1 is 1.44 bits per heavy atom. The van der Waals surface area contributed by atoms with Gasteiger partial charge in [-0.05, 0) is 38.7 Å². The molecule has 0 aliphatic rings. The molecule has 4 heteroatoms. The van der Waals surface area contributed by atoms with Crippen LogP contribution >= 0.6 is 11.6 Å². The van der Waals surface area contributed by atoms with E-state index in [1.54, 1.807) is 18.2 Å². The normalized spacial score (nSPS) is 10.6. The van der Waals surface area contributed by atoms with Crippen molar-refractivity contribution in [1.82, 2.24) is 10.2 Å². The molecule has 0 bridgehead atoms. The van der Waals surface area contributed by atoms with E-state index in [0.29, 0.717) is 17.1 Å². The van der Waals surface area contributed by atoms with E-state index in [0.717, 1.165) is 12.1 Å². The van der Waals surface area contributed by atoms with Gasteiger partial charge in [0.15, 0.2) is 0 Å². The molecule has 16 heavy (non-hydrogen) atoms. The standard InChI is InChI=1S/C12H17ClN2O/c1-9-10(5-4-6-11(9)13)12(16)14-7-8-15(2)3/h4-6H,7-8H2,1-3H3,(H,14,16). The minimum atomic E-state index is -0.0677. The second-order valence-electron chi connectivity index (χ2n) is 3.97. The topological polar surface area (TPSA) is 32.3 Å². The van der Waals surface area contributed by atoms with Crippen molar-refractivity contribution in [2.75, 3.05) is 27.2 Å². The molecule has 1 aromatic carbocycles. The highest BCUT2D eigenvalue weighted by atomic mass is 35.5. The number of likely N-dealkylation sites (N-methyl/N-ethyl adjacent to an activating group) is 1. The van der Waals surface area contributed by atoms with E-state index < -0.39 is 0 Å². The number of carbonyl (C=O) groups excluding carboxylic acids is 1. The zero-order valence-electron chi connectivity index (χ0n) is 9.88. The van der Waals surface area contributed by atoms with Gasteiger partial charge >= 0.3 is 0 Å². The minimum Gasteiger partial charge on any atom is -0.351 e. The summed E-state index contributed by atoms with van der Waals surface area (Å²) in [6.45, 7) is 3.31. The molecule has 1 N–H and O–H groups in total. The second kappa shape index (κ2) is 5.87. The lowest BCUT2D eigenvalue weighted by molar-refractivity contribution is 0.0950. The van der Waals surface area contributed by atoms with E-state index in [-0.39, 0.29) is 5.91 Å². The quantitative estimate of drug-likeness (QED) is 0.873. The van der Waals surface area contributed by atoms with E-state index >= 15 is 0 Å². The minimum absolute atomic E-state index is 0.0677. The second-order valence-corrected chi connectivity index (χ2v) is 4.38. The van der Waals surface area contributed by atoms with Gasteiger partial charge in [0.2, 0.25) is 0 Å². The smallest absolute Gasteiger partial charge is 0.251 e. The highest BCUT2D eigenvalue weighted by Crippen LogP contribution is 2.18. The van der Waals surface area contributed by atoms with Crippen molar-refractivity contribution in [3.05, 3.63) is 34.3 Å². The molecule has 1 amide bonds. The van der Waals surface area contributed by atoms with Crippen molar-refractivity contribution in [3.8, 4) is 0 Å². The van der Waals surface area contributed by atoms with Crippen molar-refractivity contribution >= 4 is 17.5 Å². The van der Waals surface area contributed by atoms with Gasteiger partial charge < -0.3 is 10.2 Å². The van der Waals surface area contributed by atoms with Crippen molar-refractivity contribution in [3.63, 3.8) is 0 Å². The average Bonchev–Trinajstić information content (AvgIpc) is 2.21. The van der Waals surface area contributed by atoms with Crippen molar-refractivity contribution in [1.29, 1.82) is 0 Å². The maximum atomic E-state index is 11.8. The first-order valence-corrected chi connectivity index (χ1v) is 5.58. The molecule has 3 nitrogen and oxygen atoms in total. The predicted octanol–water partition coefficient (Wildman–Crippen LogP) is 1.94. The van der Waals surface area contributed by atoms with Crippen molar-refractivity contribution in [2.24, 2.45) is 0 Å². The van der Waals surface area contributed by atoms with Crippen LogP contribution in [0.5, 0.6) is 0 Å². The molecule has 0 radical (unpaired) electrons. The molecule has 0 unspecified atom stereocenters. The number of hydrogen-bond donors (Lipinski definition) is 1. The Hall–Kier alpha value is -1.06. The van der Waals surface area contributed by atoms with Crippen LogP contribution in [-0.4, -0.2) is 38.0 Å². The van der Waals surface area contributed by atoms with Crippen LogP contribution in [-0.2, 0) is 0 Å². The summed E-state index contributed by atoms with van der Waals surface area (Å²) >= 11 is 5.95. The molecule has 0 heterocycles. The summed E-state index contributed by atoms with van der Waals surface area (Å²) in [7, 11) is 3.94. The number of benzene rings is 1. The van der Waals surface area contributed by atoms with Gasteiger partial charge in [-0.3, -0.25) is 4.79 Å². The lowest BCUT2D eigenvalue weighted by atomic mass is 10.1. The maximum Gasteiger partial charge on any atom is 0.251 e. The third-order valence-corrected chi connectivity index (χ3v) is 2.77. The van der Waals surface area contributed by atoms with E-state index in [1.165, 1.54) is 0 Å². The Morgan fingerprint density at radius 3 is 2.75 bits per heavy atom. The zero-order chi connectivity index (χ0) is 12.1. The highest BCUT2D eigenvalue weighted by molar-refractivity contribution is 6.31. The van der Waals surface area contributed by atoms with Gasteiger partial charge in [-0.15, -0.1) is 0 Å². The first-order valence-electron chi connectivity index (χ1n) is 5.20. The SMILES string of the molecule is Cc1c(Cl)cccc1C(=O)NCCN(C)C. The molecular formula is C12H17ClN2O. The van der Waals surface area contributed by atoms with Gasteiger partial charge in [0.25, 0.3) is 5.91 Å². The number of nitrogens with zero attached hydrogens (tertiary/aromatic N) is 1. The highest BCUT2D eigenvalue weighted by Gasteiger charge is 2.09. The number of carbonyl (C=O) groups is 1. The summed E-state index contributed by atoms with van der Waals surface area (Å²) in [6, 6.07) is 5.36. The monoisotopic (exact) mass is 240 g/mol. The molecule has 1 aromatic rings. The fourth-order valence-corrected chi connectivity index (χ4v) is 1.52. The summed E-state index contributed by atoms with van der Waals surface area (Å²) in [5.74, 6) is -0.0677. The van der Waals surface area contributed by atoms with Gasteiger partial charge in [0, 0.05) is 23.7 Å². The summed E-state index contributed by atoms with van der Waals surface area (Å²) in [4.78, 5) is 13.8. The van der Waals surface area contributed by atoms with Gasteiger partial charge in [-0.1, -0.05) is 17.7 Å². The Labute approximate surface area is 101 Å². The Balaban J connectivity index is 2.63. The summed E-state index contributed by atoms with van der Waals surface area (Å²) < 4.78 is 0. The third-order valence-electron chi connectivity index (χ3n) is 2.36. The molecule has 0 aliphatic carbocycles. The average molecular weight is 241 g/mol. The number of rotatable bonds is 4. The van der Waals surface area contributed by atoms with Gasteiger partial charge in [-0.2, -0.15) is 0 Å². The molecular weight excluding hydrogens is 224 g/mol. The molecule has 0 saturated heterocycles. The first-order chi connectivity index (χ1) is 7.52. The Kier molecular flexibility index (Phi) is 4.77. The predicted molar refractivity (Wildman–Crippen MR) is 67.1 cm³/mol. The van der Waals surface area contributed by atoms with Gasteiger partial charge in [-0.25, -0.2) is 0 Å². The fourth-order valence-electron chi connectivity index (χ4n) is 1.34.